The standard InChI is InChI=1S/C8H8N4O/c9-8(12-13)5-1-2-6-7(3-5)11-4-10-6/h1-4,13H,(H2,9,12)(H,10,11). The summed E-state index contributed by atoms with van der Waals surface area (Å²) in [5.74, 6) is 0.0879. The summed E-state index contributed by atoms with van der Waals surface area (Å²) in [4.78, 5) is 7.00. The zero-order valence-corrected chi connectivity index (χ0v) is 6.73. The molecule has 0 saturated heterocycles. The van der Waals surface area contributed by atoms with Crippen LogP contribution in [0.1, 0.15) is 5.56 Å². The monoisotopic (exact) mass is 176 g/mol. The Hall–Kier alpha value is -2.04. The zero-order chi connectivity index (χ0) is 9.26. The number of oxime groups is 1. The van der Waals surface area contributed by atoms with Gasteiger partial charge in [-0.3, -0.25) is 0 Å². The van der Waals surface area contributed by atoms with E-state index < -0.39 is 0 Å². The van der Waals surface area contributed by atoms with E-state index in [1.165, 1.54) is 0 Å². The Kier molecular flexibility index (Phi) is 1.63. The van der Waals surface area contributed by atoms with E-state index in [4.69, 9.17) is 10.9 Å². The third-order valence-corrected chi connectivity index (χ3v) is 1.82. The number of amidine groups is 1. The molecule has 0 bridgehead atoms. The number of H-pyrrole nitrogens is 1. The van der Waals surface area contributed by atoms with E-state index in [0.717, 1.165) is 11.0 Å². The normalized spacial score (nSPS) is 12.2. The summed E-state index contributed by atoms with van der Waals surface area (Å²) in [6.07, 6.45) is 1.60. The van der Waals surface area contributed by atoms with Gasteiger partial charge < -0.3 is 15.9 Å². The van der Waals surface area contributed by atoms with Gasteiger partial charge in [0.1, 0.15) is 0 Å². The van der Waals surface area contributed by atoms with Crippen LogP contribution in [0.25, 0.3) is 11.0 Å². The first-order chi connectivity index (χ1) is 6.31. The van der Waals surface area contributed by atoms with Crippen molar-refractivity contribution in [3.05, 3.63) is 30.1 Å². The number of benzene rings is 1. The average Bonchev–Trinajstić information content (AvgIpc) is 2.63. The van der Waals surface area contributed by atoms with Crippen LogP contribution >= 0.6 is 0 Å². The van der Waals surface area contributed by atoms with Crippen molar-refractivity contribution >= 4 is 16.9 Å². The Morgan fingerprint density at radius 1 is 1.54 bits per heavy atom. The van der Waals surface area contributed by atoms with E-state index in [1.807, 2.05) is 6.07 Å². The van der Waals surface area contributed by atoms with Gasteiger partial charge in [0.2, 0.25) is 0 Å². The highest BCUT2D eigenvalue weighted by atomic mass is 16.4. The van der Waals surface area contributed by atoms with Gasteiger partial charge in [0.15, 0.2) is 5.84 Å². The lowest BCUT2D eigenvalue weighted by atomic mass is 10.2. The average molecular weight is 176 g/mol. The fraction of sp³-hybridized carbons (Fsp3) is 0. The molecule has 0 unspecified atom stereocenters. The number of hydrogen-bond donors (Lipinski definition) is 3. The number of nitrogens with zero attached hydrogens (tertiary/aromatic N) is 2. The van der Waals surface area contributed by atoms with Gasteiger partial charge >= 0.3 is 0 Å². The number of fused-ring (bicyclic) bond motifs is 1. The van der Waals surface area contributed by atoms with Crippen LogP contribution in [0, 0.1) is 0 Å². The number of aromatic amines is 1. The molecule has 2 rings (SSSR count). The Bertz CT molecular complexity index is 460. The first-order valence-corrected chi connectivity index (χ1v) is 3.72. The SMILES string of the molecule is N/C(=N\O)c1ccc2[nH]cnc2c1. The van der Waals surface area contributed by atoms with Gasteiger partial charge in [-0.1, -0.05) is 5.16 Å². The number of nitrogens with two attached hydrogens (primary N) is 1. The Morgan fingerprint density at radius 2 is 2.38 bits per heavy atom. The van der Waals surface area contributed by atoms with Crippen molar-refractivity contribution in [2.24, 2.45) is 10.9 Å². The number of nitrogens with one attached hydrogen (secondary N) is 1. The second kappa shape index (κ2) is 2.78. The largest absolute Gasteiger partial charge is 0.409 e. The Morgan fingerprint density at radius 3 is 3.15 bits per heavy atom. The van der Waals surface area contributed by atoms with Gasteiger partial charge in [0.25, 0.3) is 0 Å². The van der Waals surface area contributed by atoms with Crippen molar-refractivity contribution in [1.29, 1.82) is 0 Å². The van der Waals surface area contributed by atoms with E-state index in [0.29, 0.717) is 5.56 Å². The van der Waals surface area contributed by atoms with Crippen LogP contribution in [-0.4, -0.2) is 21.0 Å². The van der Waals surface area contributed by atoms with Gasteiger partial charge in [0.05, 0.1) is 17.4 Å². The molecule has 0 amide bonds. The lowest BCUT2D eigenvalue weighted by molar-refractivity contribution is 0.318. The van der Waals surface area contributed by atoms with Gasteiger partial charge in [0, 0.05) is 5.56 Å². The molecule has 5 nitrogen and oxygen atoms in total. The van der Waals surface area contributed by atoms with Crippen molar-refractivity contribution in [3.8, 4) is 0 Å². The molecule has 0 aliphatic rings. The zero-order valence-electron chi connectivity index (χ0n) is 6.73. The Labute approximate surface area is 73.9 Å². The highest BCUT2D eigenvalue weighted by Crippen LogP contribution is 2.10. The van der Waals surface area contributed by atoms with Gasteiger partial charge in [-0.2, -0.15) is 0 Å². The van der Waals surface area contributed by atoms with Crippen molar-refractivity contribution in [1.82, 2.24) is 9.97 Å². The second-order valence-electron chi connectivity index (χ2n) is 2.62. The molecule has 1 aromatic heterocycles. The van der Waals surface area contributed by atoms with Crippen molar-refractivity contribution in [3.63, 3.8) is 0 Å². The predicted octanol–water partition coefficient (Wildman–Crippen LogP) is 0.657. The minimum atomic E-state index is 0.0879. The lowest BCUT2D eigenvalue weighted by Crippen LogP contribution is -2.12. The lowest BCUT2D eigenvalue weighted by Gasteiger charge is -1.96. The molecule has 1 heterocycles. The summed E-state index contributed by atoms with van der Waals surface area (Å²) in [5, 5.41) is 11.4. The van der Waals surface area contributed by atoms with Crippen molar-refractivity contribution < 1.29 is 5.21 Å². The maximum atomic E-state index is 8.45. The molecule has 0 fully saturated rings. The molecule has 0 saturated carbocycles. The Balaban J connectivity index is 2.60. The quantitative estimate of drug-likeness (QED) is 0.258. The molecule has 0 aliphatic carbocycles. The molecule has 0 aliphatic heterocycles. The number of aromatic nitrogens is 2. The summed E-state index contributed by atoms with van der Waals surface area (Å²) in [7, 11) is 0. The molecular formula is C8H8N4O. The molecule has 13 heavy (non-hydrogen) atoms. The molecule has 5 heteroatoms. The summed E-state index contributed by atoms with van der Waals surface area (Å²) < 4.78 is 0. The summed E-state index contributed by atoms with van der Waals surface area (Å²) in [5.41, 5.74) is 7.79. The van der Waals surface area contributed by atoms with Crippen molar-refractivity contribution in [2.45, 2.75) is 0 Å². The number of imidazole rings is 1. The molecule has 66 valence electrons. The van der Waals surface area contributed by atoms with Crippen LogP contribution < -0.4 is 5.73 Å². The highest BCUT2D eigenvalue weighted by Gasteiger charge is 2.01. The fourth-order valence-electron chi connectivity index (χ4n) is 1.15. The third kappa shape index (κ3) is 1.20. The molecular weight excluding hydrogens is 168 g/mol. The predicted molar refractivity (Wildman–Crippen MR) is 48.6 cm³/mol. The number of hydrogen-bond acceptors (Lipinski definition) is 3. The minimum Gasteiger partial charge on any atom is -0.409 e. The van der Waals surface area contributed by atoms with Crippen LogP contribution in [0.15, 0.2) is 29.7 Å². The van der Waals surface area contributed by atoms with Gasteiger partial charge in [-0.15, -0.1) is 0 Å². The van der Waals surface area contributed by atoms with E-state index in [2.05, 4.69) is 15.1 Å². The van der Waals surface area contributed by atoms with Gasteiger partial charge in [-0.05, 0) is 18.2 Å². The van der Waals surface area contributed by atoms with Gasteiger partial charge in [-0.25, -0.2) is 4.98 Å². The summed E-state index contributed by atoms with van der Waals surface area (Å²) in [6.45, 7) is 0. The smallest absolute Gasteiger partial charge is 0.170 e. The van der Waals surface area contributed by atoms with Crippen LogP contribution in [0.4, 0.5) is 0 Å². The molecule has 0 radical (unpaired) electrons. The van der Waals surface area contributed by atoms with E-state index in [9.17, 15) is 0 Å². The summed E-state index contributed by atoms with van der Waals surface area (Å²) in [6, 6.07) is 5.34. The highest BCUT2D eigenvalue weighted by molar-refractivity contribution is 5.99. The minimum absolute atomic E-state index is 0.0879. The fourth-order valence-corrected chi connectivity index (χ4v) is 1.15. The molecule has 0 spiro atoms. The molecule has 1 aromatic carbocycles. The van der Waals surface area contributed by atoms with Crippen LogP contribution in [0.2, 0.25) is 0 Å². The van der Waals surface area contributed by atoms with Crippen molar-refractivity contribution in [2.75, 3.05) is 0 Å². The molecule has 0 atom stereocenters. The first kappa shape index (κ1) is 7.60. The third-order valence-electron chi connectivity index (χ3n) is 1.82. The second-order valence-corrected chi connectivity index (χ2v) is 2.62. The topological polar surface area (TPSA) is 87.3 Å². The first-order valence-electron chi connectivity index (χ1n) is 3.72. The van der Waals surface area contributed by atoms with Crippen LogP contribution in [0.3, 0.4) is 0 Å². The maximum Gasteiger partial charge on any atom is 0.170 e. The maximum absolute atomic E-state index is 8.45. The molecule has 2 aromatic rings. The summed E-state index contributed by atoms with van der Waals surface area (Å²) >= 11 is 0. The van der Waals surface area contributed by atoms with Crippen LogP contribution in [0.5, 0.6) is 0 Å². The molecule has 4 N–H and O–H groups in total. The van der Waals surface area contributed by atoms with E-state index in [1.54, 1.807) is 18.5 Å². The van der Waals surface area contributed by atoms with E-state index >= 15 is 0 Å². The van der Waals surface area contributed by atoms with Crippen LogP contribution in [-0.2, 0) is 0 Å². The number of rotatable bonds is 1. The van der Waals surface area contributed by atoms with E-state index in [-0.39, 0.29) is 5.84 Å².